The van der Waals surface area contributed by atoms with E-state index in [9.17, 15) is 9.59 Å². The minimum atomic E-state index is -0.911. The fourth-order valence-corrected chi connectivity index (χ4v) is 1.79. The van der Waals surface area contributed by atoms with Crippen LogP contribution in [-0.2, 0) is 4.79 Å². The number of aliphatic carboxylic acids is 1. The molecule has 0 aliphatic rings. The second-order valence-corrected chi connectivity index (χ2v) is 4.55. The number of aryl methyl sites for hydroxylation is 1. The molecule has 0 spiro atoms. The van der Waals surface area contributed by atoms with E-state index in [1.165, 1.54) is 4.90 Å². The first-order valence-electron chi connectivity index (χ1n) is 6.16. The highest BCUT2D eigenvalue weighted by molar-refractivity contribution is 5.95. The van der Waals surface area contributed by atoms with Crippen molar-refractivity contribution >= 4 is 11.9 Å². The van der Waals surface area contributed by atoms with Crippen molar-refractivity contribution in [1.82, 2.24) is 4.90 Å². The van der Waals surface area contributed by atoms with Gasteiger partial charge in [0.2, 0.25) is 0 Å². The summed E-state index contributed by atoms with van der Waals surface area (Å²) in [5.74, 6) is -1.68. The van der Waals surface area contributed by atoms with E-state index >= 15 is 0 Å². The molecule has 0 heterocycles. The Morgan fingerprint density at radius 1 is 1.42 bits per heavy atom. The Bertz CT molecular complexity index is 482. The fraction of sp³-hybridized carbons (Fsp3) is 0.333. The van der Waals surface area contributed by atoms with Gasteiger partial charge in [0, 0.05) is 18.7 Å². The summed E-state index contributed by atoms with van der Waals surface area (Å²) in [7, 11) is 0. The molecule has 4 heteroatoms. The first-order valence-corrected chi connectivity index (χ1v) is 6.16. The monoisotopic (exact) mass is 261 g/mol. The molecule has 0 bridgehead atoms. The van der Waals surface area contributed by atoms with Crippen LogP contribution in [0.3, 0.4) is 0 Å². The van der Waals surface area contributed by atoms with Crippen molar-refractivity contribution in [3.63, 3.8) is 0 Å². The number of carboxylic acids is 1. The first-order chi connectivity index (χ1) is 8.97. The van der Waals surface area contributed by atoms with Gasteiger partial charge in [0.1, 0.15) is 0 Å². The average molecular weight is 261 g/mol. The van der Waals surface area contributed by atoms with Crippen LogP contribution >= 0.6 is 0 Å². The maximum Gasteiger partial charge on any atom is 0.308 e. The molecule has 4 nitrogen and oxygen atoms in total. The quantitative estimate of drug-likeness (QED) is 0.800. The fourth-order valence-electron chi connectivity index (χ4n) is 1.79. The largest absolute Gasteiger partial charge is 0.481 e. The molecular formula is C15H19NO3. The van der Waals surface area contributed by atoms with Crippen LogP contribution in [-0.4, -0.2) is 35.0 Å². The van der Waals surface area contributed by atoms with E-state index in [1.54, 1.807) is 25.1 Å². The van der Waals surface area contributed by atoms with E-state index < -0.39 is 11.9 Å². The lowest BCUT2D eigenvalue weighted by Gasteiger charge is -2.23. The van der Waals surface area contributed by atoms with Crippen LogP contribution in [0.2, 0.25) is 0 Å². The van der Waals surface area contributed by atoms with Crippen molar-refractivity contribution in [2.45, 2.75) is 13.8 Å². The van der Waals surface area contributed by atoms with Crippen molar-refractivity contribution in [2.75, 3.05) is 13.1 Å². The lowest BCUT2D eigenvalue weighted by atomic mass is 10.1. The molecule has 102 valence electrons. The summed E-state index contributed by atoms with van der Waals surface area (Å²) in [5, 5.41) is 8.94. The summed E-state index contributed by atoms with van der Waals surface area (Å²) in [6, 6.07) is 7.27. The van der Waals surface area contributed by atoms with E-state index in [-0.39, 0.29) is 12.5 Å². The van der Waals surface area contributed by atoms with Crippen LogP contribution in [0.5, 0.6) is 0 Å². The van der Waals surface area contributed by atoms with Gasteiger partial charge in [0.15, 0.2) is 0 Å². The predicted octanol–water partition coefficient (Wildman–Crippen LogP) is 2.34. The number of rotatable bonds is 6. The third kappa shape index (κ3) is 3.95. The number of hydrogen-bond donors (Lipinski definition) is 1. The lowest BCUT2D eigenvalue weighted by molar-refractivity contribution is -0.141. The van der Waals surface area contributed by atoms with Gasteiger partial charge in [-0.3, -0.25) is 9.59 Å². The number of carboxylic acid groups (broad SMARTS) is 1. The first kappa shape index (κ1) is 15.0. The molecule has 1 atom stereocenters. The number of hydrogen-bond acceptors (Lipinski definition) is 2. The molecule has 0 aliphatic carbocycles. The second-order valence-electron chi connectivity index (χ2n) is 4.55. The standard InChI is InChI=1S/C15H19NO3/c1-4-9-16(10-12(3)15(18)19)14(17)13-8-6-5-7-11(13)2/h4-8,12H,1,9-10H2,2-3H3,(H,18,19). The van der Waals surface area contributed by atoms with E-state index in [1.807, 2.05) is 19.1 Å². The topological polar surface area (TPSA) is 57.6 Å². The van der Waals surface area contributed by atoms with Crippen LogP contribution in [0.25, 0.3) is 0 Å². The molecule has 0 aromatic heterocycles. The van der Waals surface area contributed by atoms with Crippen molar-refractivity contribution in [1.29, 1.82) is 0 Å². The summed E-state index contributed by atoms with van der Waals surface area (Å²) >= 11 is 0. The van der Waals surface area contributed by atoms with Gasteiger partial charge in [0.05, 0.1) is 5.92 Å². The molecule has 1 aromatic rings. The Labute approximate surface area is 113 Å². The smallest absolute Gasteiger partial charge is 0.308 e. The highest BCUT2D eigenvalue weighted by Crippen LogP contribution is 2.12. The maximum absolute atomic E-state index is 12.4. The molecule has 0 fully saturated rings. The highest BCUT2D eigenvalue weighted by atomic mass is 16.4. The maximum atomic E-state index is 12.4. The van der Waals surface area contributed by atoms with Crippen molar-refractivity contribution in [3.05, 3.63) is 48.0 Å². The third-order valence-electron chi connectivity index (χ3n) is 2.93. The average Bonchev–Trinajstić information content (AvgIpc) is 2.37. The minimum Gasteiger partial charge on any atom is -0.481 e. The molecule has 0 saturated carbocycles. The number of amides is 1. The zero-order valence-electron chi connectivity index (χ0n) is 11.3. The minimum absolute atomic E-state index is 0.161. The van der Waals surface area contributed by atoms with Crippen LogP contribution in [0.15, 0.2) is 36.9 Å². The van der Waals surface area contributed by atoms with Crippen LogP contribution in [0.4, 0.5) is 0 Å². The molecule has 1 rings (SSSR count). The Kier molecular flexibility index (Phi) is 5.30. The zero-order valence-corrected chi connectivity index (χ0v) is 11.3. The Balaban J connectivity index is 2.93. The lowest BCUT2D eigenvalue weighted by Crippen LogP contribution is -2.37. The third-order valence-corrected chi connectivity index (χ3v) is 2.93. The summed E-state index contributed by atoms with van der Waals surface area (Å²) in [6.07, 6.45) is 1.60. The van der Waals surface area contributed by atoms with Crippen molar-refractivity contribution in [3.8, 4) is 0 Å². The summed E-state index contributed by atoms with van der Waals surface area (Å²) in [4.78, 5) is 24.8. The van der Waals surface area contributed by atoms with Crippen LogP contribution in [0, 0.1) is 12.8 Å². The van der Waals surface area contributed by atoms with Gasteiger partial charge in [-0.05, 0) is 18.6 Å². The van der Waals surface area contributed by atoms with Gasteiger partial charge in [-0.25, -0.2) is 0 Å². The molecule has 0 saturated heterocycles. The summed E-state index contributed by atoms with van der Waals surface area (Å²) < 4.78 is 0. The highest BCUT2D eigenvalue weighted by Gasteiger charge is 2.21. The number of carbonyl (C=O) groups excluding carboxylic acids is 1. The van der Waals surface area contributed by atoms with Gasteiger partial charge in [-0.2, -0.15) is 0 Å². The van der Waals surface area contributed by atoms with E-state index in [4.69, 9.17) is 5.11 Å². The molecule has 1 unspecified atom stereocenters. The van der Waals surface area contributed by atoms with Gasteiger partial charge >= 0.3 is 5.97 Å². The molecule has 0 aliphatic heterocycles. The normalized spacial score (nSPS) is 11.7. The van der Waals surface area contributed by atoms with E-state index in [0.29, 0.717) is 12.1 Å². The SMILES string of the molecule is C=CCN(CC(C)C(=O)O)C(=O)c1ccccc1C. The molecule has 1 amide bonds. The molecule has 1 N–H and O–H groups in total. The molecular weight excluding hydrogens is 242 g/mol. The van der Waals surface area contributed by atoms with Crippen molar-refractivity contribution < 1.29 is 14.7 Å². The number of benzene rings is 1. The Hall–Kier alpha value is -2.10. The van der Waals surface area contributed by atoms with Crippen LogP contribution in [0.1, 0.15) is 22.8 Å². The van der Waals surface area contributed by atoms with E-state index in [0.717, 1.165) is 5.56 Å². The Morgan fingerprint density at radius 3 is 2.58 bits per heavy atom. The van der Waals surface area contributed by atoms with Gasteiger partial charge in [-0.15, -0.1) is 6.58 Å². The molecule has 0 radical (unpaired) electrons. The van der Waals surface area contributed by atoms with Gasteiger partial charge in [0.25, 0.3) is 5.91 Å². The summed E-state index contributed by atoms with van der Waals surface area (Å²) in [5.41, 5.74) is 1.48. The Morgan fingerprint density at radius 2 is 2.05 bits per heavy atom. The van der Waals surface area contributed by atoms with Crippen molar-refractivity contribution in [2.24, 2.45) is 5.92 Å². The van der Waals surface area contributed by atoms with Gasteiger partial charge < -0.3 is 10.0 Å². The number of nitrogens with zero attached hydrogens (tertiary/aromatic N) is 1. The van der Waals surface area contributed by atoms with E-state index in [2.05, 4.69) is 6.58 Å². The summed E-state index contributed by atoms with van der Waals surface area (Å²) in [6.45, 7) is 7.57. The number of carbonyl (C=O) groups is 2. The zero-order chi connectivity index (χ0) is 14.4. The molecule has 1 aromatic carbocycles. The van der Waals surface area contributed by atoms with Gasteiger partial charge in [-0.1, -0.05) is 31.2 Å². The predicted molar refractivity (Wildman–Crippen MR) is 74.1 cm³/mol. The molecule has 19 heavy (non-hydrogen) atoms. The second kappa shape index (κ2) is 6.73. The van der Waals surface area contributed by atoms with Crippen LogP contribution < -0.4 is 0 Å².